The quantitative estimate of drug-likeness (QED) is 0.153. The van der Waals surface area contributed by atoms with Gasteiger partial charge < -0.3 is 18.4 Å². The van der Waals surface area contributed by atoms with Crippen molar-refractivity contribution in [1.82, 2.24) is 19.5 Å². The number of nitrogens with zero attached hydrogens (tertiary/aromatic N) is 3. The lowest BCUT2D eigenvalue weighted by Gasteiger charge is -2.50. The van der Waals surface area contributed by atoms with Crippen molar-refractivity contribution in [2.75, 3.05) is 13.2 Å². The molecule has 0 bridgehead atoms. The van der Waals surface area contributed by atoms with E-state index in [1.807, 2.05) is 11.8 Å². The predicted octanol–water partition coefficient (Wildman–Crippen LogP) is 6.50. The largest absolute Gasteiger partial charge is 0.407 e. The zero-order chi connectivity index (χ0) is 36.6. The van der Waals surface area contributed by atoms with Crippen LogP contribution in [0.1, 0.15) is 46.9 Å². The number of rotatable bonds is 11. The summed E-state index contributed by atoms with van der Waals surface area (Å²) in [6, 6.07) is 43.2. The van der Waals surface area contributed by atoms with E-state index >= 15 is 0 Å². The highest BCUT2D eigenvalue weighted by molar-refractivity contribution is 8.01. The summed E-state index contributed by atoms with van der Waals surface area (Å²) in [5, 5.41) is 4.81. The minimum Gasteiger partial charge on any atom is -0.407 e. The van der Waals surface area contributed by atoms with Gasteiger partial charge in [-0.1, -0.05) is 163 Å². The van der Waals surface area contributed by atoms with Crippen LogP contribution in [0, 0.1) is 5.92 Å². The molecule has 7 nitrogen and oxygen atoms in total. The van der Waals surface area contributed by atoms with Crippen LogP contribution in [0.4, 0.5) is 0 Å². The van der Waals surface area contributed by atoms with E-state index in [0.29, 0.717) is 24.4 Å². The molecule has 3 heterocycles. The van der Waals surface area contributed by atoms with Crippen LogP contribution in [0.2, 0.25) is 10.1 Å². The zero-order valence-electron chi connectivity index (χ0n) is 30.8. The van der Waals surface area contributed by atoms with Crippen molar-refractivity contribution >= 4 is 60.3 Å². The first-order valence-electron chi connectivity index (χ1n) is 18.0. The predicted molar refractivity (Wildman–Crippen MR) is 219 cm³/mol. The van der Waals surface area contributed by atoms with Gasteiger partial charge in [0, 0.05) is 24.4 Å². The Bertz CT molecular complexity index is 2070. The maximum absolute atomic E-state index is 12.7. The van der Waals surface area contributed by atoms with Crippen molar-refractivity contribution in [3.05, 3.63) is 144 Å². The Morgan fingerprint density at radius 1 is 0.654 bits per heavy atom. The number of aromatic nitrogens is 4. The number of nitrogens with one attached hydrogen (secondary N) is 1. The number of thioether (sulfide) groups is 1. The second-order valence-corrected chi connectivity index (χ2v) is 25.7. The van der Waals surface area contributed by atoms with E-state index in [4.69, 9.17) is 8.85 Å². The maximum atomic E-state index is 12.7. The van der Waals surface area contributed by atoms with Crippen LogP contribution in [-0.4, -0.2) is 54.6 Å². The van der Waals surface area contributed by atoms with Crippen molar-refractivity contribution in [1.29, 1.82) is 0 Å². The number of H-pyrrole nitrogens is 1. The fourth-order valence-corrected chi connectivity index (χ4v) is 18.8. The van der Waals surface area contributed by atoms with E-state index < -0.39 is 16.6 Å². The van der Waals surface area contributed by atoms with Gasteiger partial charge in [0.2, 0.25) is 0 Å². The van der Waals surface area contributed by atoms with E-state index in [1.165, 1.54) is 27.1 Å². The molecular weight excluding hydrogens is 697 g/mol. The Morgan fingerprint density at radius 3 is 1.50 bits per heavy atom. The van der Waals surface area contributed by atoms with Gasteiger partial charge >= 0.3 is 0 Å². The summed E-state index contributed by atoms with van der Waals surface area (Å²) < 4.78 is 17.2. The lowest BCUT2D eigenvalue weighted by Crippen LogP contribution is -2.68. The van der Waals surface area contributed by atoms with Gasteiger partial charge in [-0.15, -0.1) is 11.8 Å². The molecule has 0 aliphatic carbocycles. The average Bonchev–Trinajstić information content (AvgIpc) is 3.56. The second-order valence-electron chi connectivity index (χ2n) is 15.7. The fourth-order valence-electron chi connectivity index (χ4n) is 8.10. The first kappa shape index (κ1) is 36.3. The van der Waals surface area contributed by atoms with Crippen LogP contribution >= 0.6 is 11.8 Å². The van der Waals surface area contributed by atoms with Gasteiger partial charge in [0.1, 0.15) is 0 Å². The molecule has 0 radical (unpaired) electrons. The molecule has 52 heavy (non-hydrogen) atoms. The third-order valence-corrected chi connectivity index (χ3v) is 22.3. The standard InChI is InChI=1S/C42H48N4O3SSi2/c1-41(2,3)51(31-19-11-7-12-20-31,32-21-13-8-14-22-32)48-27-35-36(50-40(35)46-30-45-37-38(46)43-29-44-39(37)47)28-49-52(42(4,5)6,33-23-15-9-16-24-33)34-25-17-10-18-26-34/h7-26,29-30,35-36,40H,27-28H2,1-6H3,(H,43,44,47)/t35-,36-,40?/m0/s1. The molecule has 1 aliphatic heterocycles. The van der Waals surface area contributed by atoms with Crippen LogP contribution < -0.4 is 26.3 Å². The summed E-state index contributed by atoms with van der Waals surface area (Å²) in [7, 11) is -5.61. The van der Waals surface area contributed by atoms with E-state index in [0.717, 1.165) is 0 Å². The molecule has 3 atom stereocenters. The summed E-state index contributed by atoms with van der Waals surface area (Å²) >= 11 is 1.85. The van der Waals surface area contributed by atoms with Gasteiger partial charge in [0.25, 0.3) is 22.2 Å². The molecule has 0 saturated carbocycles. The highest BCUT2D eigenvalue weighted by Gasteiger charge is 2.55. The molecule has 1 fully saturated rings. The number of aromatic amines is 1. The van der Waals surface area contributed by atoms with Crippen molar-refractivity contribution in [2.24, 2.45) is 5.92 Å². The Kier molecular flexibility index (Phi) is 10.1. The van der Waals surface area contributed by atoms with Gasteiger partial charge in [0.05, 0.1) is 18.0 Å². The van der Waals surface area contributed by atoms with Gasteiger partial charge in [0.15, 0.2) is 11.2 Å². The number of hydrogen-bond donors (Lipinski definition) is 1. The SMILES string of the molecule is CC(C)(C)[Si](OC[C@@H]1SC(n2cnc3c(=O)[nH]cnc32)[C@H]1CO[Si](c1ccccc1)(c1ccccc1)C(C)(C)C)(c1ccccc1)c1ccccc1. The fraction of sp³-hybridized carbons (Fsp3) is 0.310. The van der Waals surface area contributed by atoms with Gasteiger partial charge in [-0.3, -0.25) is 4.79 Å². The first-order chi connectivity index (χ1) is 25.0. The van der Waals surface area contributed by atoms with Gasteiger partial charge in [-0.05, 0) is 30.8 Å². The Hall–Kier alpha value is -4.07. The van der Waals surface area contributed by atoms with E-state index in [2.05, 4.69) is 182 Å². The van der Waals surface area contributed by atoms with Crippen LogP contribution in [0.3, 0.4) is 0 Å². The molecule has 6 aromatic rings. The van der Waals surface area contributed by atoms with Gasteiger partial charge in [-0.25, -0.2) is 9.97 Å². The van der Waals surface area contributed by atoms with Crippen molar-refractivity contribution in [2.45, 2.75) is 62.2 Å². The van der Waals surface area contributed by atoms with E-state index in [-0.39, 0.29) is 32.2 Å². The summed E-state index contributed by atoms with van der Waals surface area (Å²) in [5.74, 6) is 0.0587. The maximum Gasteiger partial charge on any atom is 0.278 e. The second kappa shape index (κ2) is 14.4. The Balaban J connectivity index is 1.30. The summed E-state index contributed by atoms with van der Waals surface area (Å²) in [6.45, 7) is 15.0. The molecule has 4 aromatic carbocycles. The number of benzene rings is 4. The zero-order valence-corrected chi connectivity index (χ0v) is 33.6. The van der Waals surface area contributed by atoms with Crippen LogP contribution in [0.15, 0.2) is 139 Å². The van der Waals surface area contributed by atoms with Crippen molar-refractivity contribution < 1.29 is 8.85 Å². The molecule has 0 amide bonds. The van der Waals surface area contributed by atoms with Crippen LogP contribution in [0.25, 0.3) is 11.2 Å². The minimum atomic E-state index is -2.83. The first-order valence-corrected chi connectivity index (χ1v) is 22.8. The van der Waals surface area contributed by atoms with E-state index in [9.17, 15) is 4.79 Å². The average molecular weight is 745 g/mol. The monoisotopic (exact) mass is 744 g/mol. The molecule has 0 spiro atoms. The number of imidazole rings is 1. The van der Waals surface area contributed by atoms with Gasteiger partial charge in [-0.2, -0.15) is 0 Å². The topological polar surface area (TPSA) is 82.0 Å². The summed E-state index contributed by atoms with van der Waals surface area (Å²) in [5.41, 5.74) is 0.699. The lowest BCUT2D eigenvalue weighted by atomic mass is 10.0. The third-order valence-electron chi connectivity index (χ3n) is 10.6. The molecule has 1 aliphatic rings. The summed E-state index contributed by atoms with van der Waals surface area (Å²) in [4.78, 5) is 24.5. The molecular formula is C42H48N4O3SSi2. The Labute approximate surface area is 313 Å². The smallest absolute Gasteiger partial charge is 0.278 e. The number of fused-ring (bicyclic) bond motifs is 1. The Morgan fingerprint density at radius 2 is 1.08 bits per heavy atom. The highest BCUT2D eigenvalue weighted by Crippen LogP contribution is 2.53. The molecule has 10 heteroatoms. The van der Waals surface area contributed by atoms with Crippen molar-refractivity contribution in [3.8, 4) is 0 Å². The molecule has 2 aromatic heterocycles. The lowest BCUT2D eigenvalue weighted by molar-refractivity contribution is 0.168. The normalized spacial score (nSPS) is 18.3. The summed E-state index contributed by atoms with van der Waals surface area (Å²) in [6.07, 6.45) is 3.23. The molecule has 1 unspecified atom stereocenters. The minimum absolute atomic E-state index is 0.0368. The third kappa shape index (κ3) is 6.34. The van der Waals surface area contributed by atoms with Crippen LogP contribution in [-0.2, 0) is 8.85 Å². The van der Waals surface area contributed by atoms with E-state index in [1.54, 1.807) is 6.33 Å². The number of hydrogen-bond acceptors (Lipinski definition) is 6. The van der Waals surface area contributed by atoms with Crippen LogP contribution in [0.5, 0.6) is 0 Å². The molecule has 1 saturated heterocycles. The van der Waals surface area contributed by atoms with Crippen molar-refractivity contribution in [3.63, 3.8) is 0 Å². The molecule has 1 N–H and O–H groups in total. The molecule has 268 valence electrons. The molecule has 7 rings (SSSR count). The highest BCUT2D eigenvalue weighted by atomic mass is 32.2.